The van der Waals surface area contributed by atoms with Gasteiger partial charge in [0.1, 0.15) is 5.75 Å². The Kier molecular flexibility index (Phi) is 6.91. The highest BCUT2D eigenvalue weighted by molar-refractivity contribution is 7.09. The fraction of sp³-hybridized carbons (Fsp3) is 0.421. The predicted octanol–water partition coefficient (Wildman–Crippen LogP) is 4.03. The molecule has 2 heterocycles. The van der Waals surface area contributed by atoms with Crippen molar-refractivity contribution in [2.75, 3.05) is 32.1 Å². The van der Waals surface area contributed by atoms with Crippen LogP contribution in [0.4, 0.5) is 5.69 Å². The maximum Gasteiger partial charge on any atom is 0.238 e. The maximum atomic E-state index is 12.6. The molecule has 1 aliphatic heterocycles. The summed E-state index contributed by atoms with van der Waals surface area (Å²) in [5.41, 5.74) is 0.582. The van der Waals surface area contributed by atoms with E-state index < -0.39 is 0 Å². The van der Waals surface area contributed by atoms with Crippen LogP contribution < -0.4 is 10.1 Å². The normalized spacial score (nSPS) is 16.8. The summed E-state index contributed by atoms with van der Waals surface area (Å²) in [4.78, 5) is 16.0. The highest BCUT2D eigenvalue weighted by Crippen LogP contribution is 2.27. The molecule has 0 aliphatic carbocycles. The number of anilines is 1. The van der Waals surface area contributed by atoms with Gasteiger partial charge in [-0.25, -0.2) is 0 Å². The molecule has 140 valence electrons. The van der Waals surface area contributed by atoms with Gasteiger partial charge >= 0.3 is 0 Å². The Morgan fingerprint density at radius 3 is 3.04 bits per heavy atom. The summed E-state index contributed by atoms with van der Waals surface area (Å²) in [6, 6.07) is 9.29. The van der Waals surface area contributed by atoms with E-state index in [1.54, 1.807) is 36.6 Å². The maximum absolute atomic E-state index is 12.6. The van der Waals surface area contributed by atoms with Gasteiger partial charge in [-0.3, -0.25) is 9.69 Å². The summed E-state index contributed by atoms with van der Waals surface area (Å²) in [6.45, 7) is 2.58. The van der Waals surface area contributed by atoms with Gasteiger partial charge in [0.25, 0.3) is 0 Å². The molecule has 1 aromatic heterocycles. The van der Waals surface area contributed by atoms with Gasteiger partial charge in [0.15, 0.2) is 0 Å². The molecule has 1 N–H and O–H groups in total. The number of hydrogen-bond acceptors (Lipinski definition) is 5. The van der Waals surface area contributed by atoms with Crippen LogP contribution >= 0.6 is 22.9 Å². The molecule has 26 heavy (non-hydrogen) atoms. The van der Waals surface area contributed by atoms with Crippen LogP contribution in [-0.4, -0.2) is 43.7 Å². The lowest BCUT2D eigenvalue weighted by molar-refractivity contribution is -0.117. The third-order valence-corrected chi connectivity index (χ3v) is 5.34. The van der Waals surface area contributed by atoms with E-state index in [1.807, 2.05) is 6.07 Å². The van der Waals surface area contributed by atoms with Crippen molar-refractivity contribution in [1.82, 2.24) is 4.90 Å². The van der Waals surface area contributed by atoms with Crippen molar-refractivity contribution in [3.8, 4) is 5.75 Å². The molecule has 2 aromatic rings. The first kappa shape index (κ1) is 19.2. The number of carbonyl (C=O) groups excluding carboxylic acids is 1. The van der Waals surface area contributed by atoms with Gasteiger partial charge in [0.05, 0.1) is 25.4 Å². The van der Waals surface area contributed by atoms with E-state index in [9.17, 15) is 4.79 Å². The zero-order valence-electron chi connectivity index (χ0n) is 14.7. The first-order valence-corrected chi connectivity index (χ1v) is 9.89. The number of thiophene rings is 1. The number of carbonyl (C=O) groups is 1. The van der Waals surface area contributed by atoms with Crippen LogP contribution in [0.1, 0.15) is 17.7 Å². The van der Waals surface area contributed by atoms with Crippen molar-refractivity contribution in [2.45, 2.75) is 25.5 Å². The van der Waals surface area contributed by atoms with Crippen molar-refractivity contribution >= 4 is 34.5 Å². The van der Waals surface area contributed by atoms with Crippen LogP contribution in [0.2, 0.25) is 5.02 Å². The monoisotopic (exact) mass is 394 g/mol. The Morgan fingerprint density at radius 1 is 1.46 bits per heavy atom. The van der Waals surface area contributed by atoms with Gasteiger partial charge in [-0.15, -0.1) is 11.3 Å². The molecule has 1 aromatic carbocycles. The Hall–Kier alpha value is -1.60. The van der Waals surface area contributed by atoms with Crippen LogP contribution in [-0.2, 0) is 16.1 Å². The number of ether oxygens (including phenoxy) is 2. The van der Waals surface area contributed by atoms with Gasteiger partial charge in [-0.2, -0.15) is 0 Å². The molecule has 1 aliphatic rings. The Morgan fingerprint density at radius 2 is 2.35 bits per heavy atom. The molecule has 1 saturated heterocycles. The number of amides is 1. The Bertz CT molecular complexity index is 718. The van der Waals surface area contributed by atoms with Crippen LogP contribution in [0.5, 0.6) is 5.75 Å². The molecule has 0 spiro atoms. The molecule has 7 heteroatoms. The largest absolute Gasteiger partial charge is 0.495 e. The first-order valence-electron chi connectivity index (χ1n) is 8.64. The van der Waals surface area contributed by atoms with Crippen molar-refractivity contribution < 1.29 is 14.3 Å². The number of nitrogens with zero attached hydrogens (tertiary/aromatic N) is 1. The highest BCUT2D eigenvalue weighted by atomic mass is 35.5. The van der Waals surface area contributed by atoms with Crippen molar-refractivity contribution in [3.63, 3.8) is 0 Å². The van der Waals surface area contributed by atoms with E-state index in [4.69, 9.17) is 21.1 Å². The van der Waals surface area contributed by atoms with Crippen LogP contribution in [0.25, 0.3) is 0 Å². The van der Waals surface area contributed by atoms with Crippen molar-refractivity contribution in [3.05, 3.63) is 45.6 Å². The van der Waals surface area contributed by atoms with Crippen LogP contribution in [0, 0.1) is 0 Å². The minimum absolute atomic E-state index is 0.0971. The minimum atomic E-state index is -0.0971. The number of methoxy groups -OCH3 is 1. The average Bonchev–Trinajstić information content (AvgIpc) is 3.29. The number of hydrogen-bond donors (Lipinski definition) is 1. The summed E-state index contributed by atoms with van der Waals surface area (Å²) in [5.74, 6) is 0.492. The fourth-order valence-corrected chi connectivity index (χ4v) is 3.97. The standard InChI is InChI=1S/C19H23ClN2O3S/c1-24-18-7-6-14(20)10-17(18)21-19(23)13-22(11-15-4-2-8-25-15)12-16-5-3-9-26-16/h3,5-7,9-10,15H,2,4,8,11-13H2,1H3,(H,21,23). The summed E-state index contributed by atoms with van der Waals surface area (Å²) in [7, 11) is 1.57. The summed E-state index contributed by atoms with van der Waals surface area (Å²) < 4.78 is 11.0. The molecule has 5 nitrogen and oxygen atoms in total. The fourth-order valence-electron chi connectivity index (χ4n) is 3.05. The third-order valence-electron chi connectivity index (χ3n) is 4.25. The molecule has 0 bridgehead atoms. The lowest BCUT2D eigenvalue weighted by atomic mass is 10.2. The molecule has 1 atom stereocenters. The number of nitrogens with one attached hydrogen (secondary N) is 1. The van der Waals surface area contributed by atoms with E-state index in [1.165, 1.54) is 4.88 Å². The van der Waals surface area contributed by atoms with Gasteiger partial charge in [-0.1, -0.05) is 17.7 Å². The van der Waals surface area contributed by atoms with Crippen LogP contribution in [0.15, 0.2) is 35.7 Å². The molecular weight excluding hydrogens is 372 g/mol. The van der Waals surface area contributed by atoms with Crippen LogP contribution in [0.3, 0.4) is 0 Å². The summed E-state index contributed by atoms with van der Waals surface area (Å²) in [6.07, 6.45) is 2.33. The van der Waals surface area contributed by atoms with Gasteiger partial charge < -0.3 is 14.8 Å². The van der Waals surface area contributed by atoms with Crippen molar-refractivity contribution in [2.24, 2.45) is 0 Å². The van der Waals surface area contributed by atoms with E-state index in [0.29, 0.717) is 16.5 Å². The second-order valence-electron chi connectivity index (χ2n) is 6.28. The number of rotatable bonds is 8. The summed E-state index contributed by atoms with van der Waals surface area (Å²) >= 11 is 7.74. The number of halogens is 1. The van der Waals surface area contributed by atoms with E-state index in [2.05, 4.69) is 21.7 Å². The first-order chi connectivity index (χ1) is 12.6. The molecule has 1 fully saturated rings. The predicted molar refractivity (Wildman–Crippen MR) is 105 cm³/mol. The smallest absolute Gasteiger partial charge is 0.238 e. The molecular formula is C19H23ClN2O3S. The topological polar surface area (TPSA) is 50.8 Å². The Labute approximate surface area is 162 Å². The highest BCUT2D eigenvalue weighted by Gasteiger charge is 2.21. The molecule has 3 rings (SSSR count). The zero-order valence-corrected chi connectivity index (χ0v) is 16.3. The molecule has 0 saturated carbocycles. The van der Waals surface area contributed by atoms with Crippen molar-refractivity contribution in [1.29, 1.82) is 0 Å². The molecule has 0 radical (unpaired) electrons. The number of benzene rings is 1. The zero-order chi connectivity index (χ0) is 18.4. The lowest BCUT2D eigenvalue weighted by Gasteiger charge is -2.24. The summed E-state index contributed by atoms with van der Waals surface area (Å²) in [5, 5.41) is 5.51. The third kappa shape index (κ3) is 5.45. The lowest BCUT2D eigenvalue weighted by Crippen LogP contribution is -2.37. The van der Waals surface area contributed by atoms with Gasteiger partial charge in [0.2, 0.25) is 5.91 Å². The van der Waals surface area contributed by atoms with E-state index >= 15 is 0 Å². The molecule has 1 unspecified atom stereocenters. The second-order valence-corrected chi connectivity index (χ2v) is 7.75. The van der Waals surface area contributed by atoms with Gasteiger partial charge in [-0.05, 0) is 42.5 Å². The van der Waals surface area contributed by atoms with Gasteiger partial charge in [0, 0.05) is 29.6 Å². The quantitative estimate of drug-likeness (QED) is 0.734. The SMILES string of the molecule is COc1ccc(Cl)cc1NC(=O)CN(Cc1cccs1)CC1CCCO1. The average molecular weight is 395 g/mol. The Balaban J connectivity index is 1.65. The van der Waals surface area contributed by atoms with E-state index in [-0.39, 0.29) is 18.6 Å². The second kappa shape index (κ2) is 9.37. The molecule has 1 amide bonds. The minimum Gasteiger partial charge on any atom is -0.495 e. The van der Waals surface area contributed by atoms with E-state index in [0.717, 1.165) is 32.5 Å².